The van der Waals surface area contributed by atoms with Crippen LogP contribution in [0.25, 0.3) is 0 Å². The second-order valence-electron chi connectivity index (χ2n) is 4.94. The molecule has 6 nitrogen and oxygen atoms in total. The van der Waals surface area contributed by atoms with Crippen molar-refractivity contribution in [2.45, 2.75) is 13.8 Å². The van der Waals surface area contributed by atoms with Gasteiger partial charge < -0.3 is 25.3 Å². The summed E-state index contributed by atoms with van der Waals surface area (Å²) in [5.74, 6) is 0. The van der Waals surface area contributed by atoms with Gasteiger partial charge >= 0.3 is 19.5 Å². The summed E-state index contributed by atoms with van der Waals surface area (Å²) < 4.78 is 1.06. The second kappa shape index (κ2) is 16.5. The Morgan fingerprint density at radius 1 is 0.724 bits per heavy atom. The van der Waals surface area contributed by atoms with Crippen LogP contribution in [0.4, 0.5) is 0 Å². The molecule has 0 aliphatic heterocycles. The first-order valence-electron chi connectivity index (χ1n) is 7.97. The van der Waals surface area contributed by atoms with Crippen molar-refractivity contribution < 1.29 is 19.5 Å². The summed E-state index contributed by atoms with van der Waals surface area (Å²) in [6, 6.07) is 11.3. The molecule has 0 amide bonds. The predicted octanol–water partition coefficient (Wildman–Crippen LogP) is 4.14. The average Bonchev–Trinajstić information content (AvgIpc) is 2.76. The molecule has 2 rings (SSSR count). The Morgan fingerprint density at radius 3 is 1.38 bits per heavy atom. The van der Waals surface area contributed by atoms with Gasteiger partial charge in [0.15, 0.2) is 0 Å². The molecule has 2 aromatic heterocycles. The SMILES string of the molecule is CS/C([S-])=N/N=C(\C)c1ccccn1.CS/C([S-])=N/N=C(\C)c1ccccn1.[Zn+2]. The van der Waals surface area contributed by atoms with Crippen molar-refractivity contribution in [3.05, 3.63) is 60.2 Å². The number of pyridine rings is 2. The van der Waals surface area contributed by atoms with E-state index in [9.17, 15) is 0 Å². The summed E-state index contributed by atoms with van der Waals surface area (Å²) in [4.78, 5) is 8.28. The first-order valence-corrected chi connectivity index (χ1v) is 11.2. The minimum atomic E-state index is 0. The van der Waals surface area contributed by atoms with Crippen LogP contribution in [0.3, 0.4) is 0 Å². The molecule has 0 unspecified atom stereocenters. The van der Waals surface area contributed by atoms with Crippen LogP contribution in [-0.4, -0.2) is 42.7 Å². The van der Waals surface area contributed by atoms with E-state index in [1.54, 1.807) is 12.4 Å². The molecule has 2 heterocycles. The van der Waals surface area contributed by atoms with Gasteiger partial charge in [0, 0.05) is 12.4 Å². The Balaban J connectivity index is 0.000000523. The smallest absolute Gasteiger partial charge is 0.752 e. The van der Waals surface area contributed by atoms with E-state index in [-0.39, 0.29) is 19.5 Å². The molecule has 0 aliphatic rings. The van der Waals surface area contributed by atoms with Crippen molar-refractivity contribution in [3.63, 3.8) is 0 Å². The summed E-state index contributed by atoms with van der Waals surface area (Å²) in [6.45, 7) is 3.71. The van der Waals surface area contributed by atoms with Gasteiger partial charge in [-0.05, 0) is 59.4 Å². The van der Waals surface area contributed by atoms with Crippen molar-refractivity contribution in [2.24, 2.45) is 20.4 Å². The van der Waals surface area contributed by atoms with Crippen molar-refractivity contribution in [1.82, 2.24) is 9.97 Å². The van der Waals surface area contributed by atoms with Crippen LogP contribution in [-0.2, 0) is 44.7 Å². The number of thioether (sulfide) groups is 2. The normalized spacial score (nSPS) is 12.6. The zero-order chi connectivity index (χ0) is 20.8. The molecular formula is C18H20N6S4Zn. The first kappa shape index (κ1) is 27.7. The molecule has 0 bridgehead atoms. The van der Waals surface area contributed by atoms with E-state index in [0.29, 0.717) is 8.75 Å². The van der Waals surface area contributed by atoms with Crippen molar-refractivity contribution in [1.29, 1.82) is 0 Å². The Bertz CT molecular complexity index is 770. The third-order valence-corrected chi connectivity index (χ3v) is 5.01. The van der Waals surface area contributed by atoms with E-state index in [1.807, 2.05) is 62.8 Å². The monoisotopic (exact) mass is 512 g/mol. The zero-order valence-electron chi connectivity index (χ0n) is 16.6. The summed E-state index contributed by atoms with van der Waals surface area (Å²) in [6.07, 6.45) is 7.19. The minimum absolute atomic E-state index is 0. The third kappa shape index (κ3) is 12.1. The molecule has 0 aliphatic carbocycles. The fourth-order valence-electron chi connectivity index (χ4n) is 1.57. The second-order valence-corrected chi connectivity index (χ2v) is 7.82. The zero-order valence-corrected chi connectivity index (χ0v) is 22.9. The van der Waals surface area contributed by atoms with E-state index in [2.05, 4.69) is 30.4 Å². The number of nitrogens with zero attached hydrogens (tertiary/aromatic N) is 6. The first-order chi connectivity index (χ1) is 13.5. The molecule has 0 saturated carbocycles. The van der Waals surface area contributed by atoms with Crippen LogP contribution in [0.1, 0.15) is 25.2 Å². The molecular weight excluding hydrogens is 494 g/mol. The van der Waals surface area contributed by atoms with Gasteiger partial charge in [-0.1, -0.05) is 12.1 Å². The standard InChI is InChI=1S/2C9H11N3S2.Zn/c2*1-7(11-12-9(13)14-2)8-5-3-4-6-10-8;/h2*3-6H,1-2H3,(H,12,13);/q;;+2/p-2/b2*11-7+;. The van der Waals surface area contributed by atoms with Crippen LogP contribution >= 0.6 is 23.5 Å². The molecule has 148 valence electrons. The van der Waals surface area contributed by atoms with E-state index in [1.165, 1.54) is 23.5 Å². The van der Waals surface area contributed by atoms with E-state index in [0.717, 1.165) is 22.8 Å². The average molecular weight is 514 g/mol. The van der Waals surface area contributed by atoms with Gasteiger partial charge in [0.25, 0.3) is 0 Å². The fourth-order valence-corrected chi connectivity index (χ4v) is 1.90. The van der Waals surface area contributed by atoms with E-state index in [4.69, 9.17) is 25.3 Å². The molecule has 0 saturated heterocycles. The predicted molar refractivity (Wildman–Crippen MR) is 130 cm³/mol. The van der Waals surface area contributed by atoms with Crippen LogP contribution in [0.15, 0.2) is 69.2 Å². The summed E-state index contributed by atoms with van der Waals surface area (Å²) in [5, 5.41) is 15.7. The molecule has 29 heavy (non-hydrogen) atoms. The Hall–Kier alpha value is -1.26. The van der Waals surface area contributed by atoms with E-state index < -0.39 is 0 Å². The van der Waals surface area contributed by atoms with Crippen molar-refractivity contribution in [2.75, 3.05) is 12.5 Å². The Labute approximate surface area is 204 Å². The van der Waals surface area contributed by atoms with E-state index >= 15 is 0 Å². The van der Waals surface area contributed by atoms with Gasteiger partial charge in [0.05, 0.1) is 22.8 Å². The van der Waals surface area contributed by atoms with Gasteiger partial charge in [0.1, 0.15) is 0 Å². The number of rotatable bonds is 4. The van der Waals surface area contributed by atoms with Crippen molar-refractivity contribution in [3.8, 4) is 0 Å². The number of hydrogen-bond donors (Lipinski definition) is 0. The molecule has 2 aromatic rings. The summed E-state index contributed by atoms with van der Waals surface area (Å²) in [5.41, 5.74) is 3.17. The van der Waals surface area contributed by atoms with Crippen LogP contribution in [0, 0.1) is 0 Å². The van der Waals surface area contributed by atoms with Crippen LogP contribution in [0.5, 0.6) is 0 Å². The van der Waals surface area contributed by atoms with Crippen LogP contribution < -0.4 is 0 Å². The number of aromatic nitrogens is 2. The Kier molecular flexibility index (Phi) is 15.8. The van der Waals surface area contributed by atoms with Crippen LogP contribution in [0.2, 0.25) is 0 Å². The quantitative estimate of drug-likeness (QED) is 0.201. The van der Waals surface area contributed by atoms with Gasteiger partial charge in [0.2, 0.25) is 0 Å². The molecule has 0 aromatic carbocycles. The maximum Gasteiger partial charge on any atom is 2.00 e. The van der Waals surface area contributed by atoms with Gasteiger partial charge in [-0.15, -0.1) is 23.5 Å². The minimum Gasteiger partial charge on any atom is -0.752 e. The molecule has 11 heteroatoms. The molecule has 0 spiro atoms. The summed E-state index contributed by atoms with van der Waals surface area (Å²) >= 11 is 12.6. The molecule has 0 N–H and O–H groups in total. The largest absolute Gasteiger partial charge is 2.00 e. The van der Waals surface area contributed by atoms with Gasteiger partial charge in [-0.2, -0.15) is 20.4 Å². The Morgan fingerprint density at radius 2 is 1.10 bits per heavy atom. The molecule has 0 radical (unpaired) electrons. The van der Waals surface area contributed by atoms with Gasteiger partial charge in [-0.25, -0.2) is 0 Å². The maximum atomic E-state index is 4.89. The van der Waals surface area contributed by atoms with Gasteiger partial charge in [-0.3, -0.25) is 9.97 Å². The summed E-state index contributed by atoms with van der Waals surface area (Å²) in [7, 11) is 0. The van der Waals surface area contributed by atoms with Crippen molar-refractivity contribution >= 4 is 69.0 Å². The fraction of sp³-hybridized carbons (Fsp3) is 0.222. The third-order valence-electron chi connectivity index (χ3n) is 2.98. The molecule has 0 atom stereocenters. The topological polar surface area (TPSA) is 75.2 Å². The molecule has 0 fully saturated rings. The maximum absolute atomic E-state index is 4.89. The number of hydrogen-bond acceptors (Lipinski definition) is 10.